The molecule has 10 heteroatoms. The van der Waals surface area contributed by atoms with Crippen LogP contribution in [0.2, 0.25) is 0 Å². The highest BCUT2D eigenvalue weighted by Crippen LogP contribution is 2.35. The summed E-state index contributed by atoms with van der Waals surface area (Å²) in [7, 11) is 1.34. The van der Waals surface area contributed by atoms with Crippen LogP contribution in [0.25, 0.3) is 11.0 Å². The fourth-order valence-corrected chi connectivity index (χ4v) is 5.20. The highest BCUT2D eigenvalue weighted by molar-refractivity contribution is 6.11. The SMILES string of the molecule is COC(=O)c1c(NC(=O)C2CCC2)c2cc(NC3CCN(C(C)=O)CC3)cnc2n1CCc1ccccn1. The minimum Gasteiger partial charge on any atom is -0.464 e. The number of anilines is 2. The third kappa shape index (κ3) is 5.34. The molecule has 1 saturated heterocycles. The lowest BCUT2D eigenvalue weighted by Gasteiger charge is -2.32. The van der Waals surface area contributed by atoms with Gasteiger partial charge in [0, 0.05) is 62.2 Å². The molecular formula is C28H34N6O4. The van der Waals surface area contributed by atoms with Gasteiger partial charge in [-0.2, -0.15) is 0 Å². The Bertz CT molecular complexity index is 1330. The normalized spacial score (nSPS) is 16.2. The van der Waals surface area contributed by atoms with E-state index in [1.165, 1.54) is 7.11 Å². The van der Waals surface area contributed by atoms with Gasteiger partial charge in [0.15, 0.2) is 5.69 Å². The zero-order valence-corrected chi connectivity index (χ0v) is 21.9. The molecule has 1 aliphatic carbocycles. The number of pyridine rings is 2. The number of aromatic nitrogens is 3. The Balaban J connectivity index is 1.49. The van der Waals surface area contributed by atoms with E-state index in [0.29, 0.717) is 42.8 Å². The molecule has 1 aliphatic heterocycles. The maximum atomic E-state index is 13.1. The molecule has 0 bridgehead atoms. The van der Waals surface area contributed by atoms with Crippen molar-refractivity contribution in [2.45, 2.75) is 58.0 Å². The van der Waals surface area contributed by atoms with Gasteiger partial charge in [-0.3, -0.25) is 14.6 Å². The summed E-state index contributed by atoms with van der Waals surface area (Å²) < 4.78 is 6.98. The molecule has 200 valence electrons. The van der Waals surface area contributed by atoms with E-state index in [4.69, 9.17) is 9.72 Å². The van der Waals surface area contributed by atoms with Crippen LogP contribution in [0.3, 0.4) is 0 Å². The number of aryl methyl sites for hydroxylation is 2. The molecule has 1 saturated carbocycles. The lowest BCUT2D eigenvalue weighted by Crippen LogP contribution is -2.41. The number of hydrogen-bond donors (Lipinski definition) is 2. The number of hydrogen-bond acceptors (Lipinski definition) is 7. The molecule has 2 aliphatic rings. The van der Waals surface area contributed by atoms with Crippen LogP contribution in [-0.2, 0) is 27.3 Å². The molecule has 0 radical (unpaired) electrons. The first kappa shape index (κ1) is 25.7. The molecule has 3 aromatic heterocycles. The molecule has 2 fully saturated rings. The number of fused-ring (bicyclic) bond motifs is 1. The Labute approximate surface area is 221 Å². The minimum absolute atomic E-state index is 0.0480. The molecule has 10 nitrogen and oxygen atoms in total. The van der Waals surface area contributed by atoms with Crippen molar-refractivity contribution < 1.29 is 19.1 Å². The van der Waals surface area contributed by atoms with Gasteiger partial charge in [-0.05, 0) is 43.9 Å². The summed E-state index contributed by atoms with van der Waals surface area (Å²) in [4.78, 5) is 48.8. The van der Waals surface area contributed by atoms with E-state index in [9.17, 15) is 14.4 Å². The molecule has 38 heavy (non-hydrogen) atoms. The largest absolute Gasteiger partial charge is 0.464 e. The number of ether oxygens (including phenoxy) is 1. The topological polar surface area (TPSA) is 118 Å². The molecule has 2 N–H and O–H groups in total. The third-order valence-corrected chi connectivity index (χ3v) is 7.63. The van der Waals surface area contributed by atoms with Gasteiger partial charge in [0.05, 0.1) is 24.7 Å². The van der Waals surface area contributed by atoms with Gasteiger partial charge in [0.2, 0.25) is 11.8 Å². The fourth-order valence-electron chi connectivity index (χ4n) is 5.20. The molecule has 0 aromatic carbocycles. The van der Waals surface area contributed by atoms with Crippen molar-refractivity contribution in [3.8, 4) is 0 Å². The molecule has 0 atom stereocenters. The van der Waals surface area contributed by atoms with Crippen molar-refractivity contribution in [1.82, 2.24) is 19.4 Å². The average molecular weight is 519 g/mol. The van der Waals surface area contributed by atoms with Crippen molar-refractivity contribution >= 4 is 40.2 Å². The predicted octanol–water partition coefficient (Wildman–Crippen LogP) is 3.62. The van der Waals surface area contributed by atoms with Crippen LogP contribution < -0.4 is 10.6 Å². The molecule has 2 amide bonds. The van der Waals surface area contributed by atoms with Crippen LogP contribution in [0.4, 0.5) is 11.4 Å². The van der Waals surface area contributed by atoms with Gasteiger partial charge in [0.1, 0.15) is 5.65 Å². The Hall–Kier alpha value is -3.95. The number of amides is 2. The number of esters is 1. The highest BCUT2D eigenvalue weighted by atomic mass is 16.5. The van der Waals surface area contributed by atoms with Gasteiger partial charge < -0.3 is 24.8 Å². The maximum absolute atomic E-state index is 13.1. The first-order valence-electron chi connectivity index (χ1n) is 13.3. The van der Waals surface area contributed by atoms with Crippen molar-refractivity contribution in [2.75, 3.05) is 30.8 Å². The second-order valence-corrected chi connectivity index (χ2v) is 10.1. The van der Waals surface area contributed by atoms with Crippen molar-refractivity contribution in [2.24, 2.45) is 5.92 Å². The molecule has 0 unspecified atom stereocenters. The quantitative estimate of drug-likeness (QED) is 0.437. The van der Waals surface area contributed by atoms with Crippen LogP contribution in [0, 0.1) is 5.92 Å². The predicted molar refractivity (Wildman–Crippen MR) is 144 cm³/mol. The highest BCUT2D eigenvalue weighted by Gasteiger charge is 2.31. The summed E-state index contributed by atoms with van der Waals surface area (Å²) in [6.07, 6.45) is 8.49. The lowest BCUT2D eigenvalue weighted by atomic mass is 9.85. The van der Waals surface area contributed by atoms with Gasteiger partial charge in [-0.25, -0.2) is 9.78 Å². The average Bonchev–Trinajstić information content (AvgIpc) is 3.19. The van der Waals surface area contributed by atoms with E-state index in [0.717, 1.165) is 43.5 Å². The van der Waals surface area contributed by atoms with Gasteiger partial charge in [0.25, 0.3) is 0 Å². The van der Waals surface area contributed by atoms with E-state index in [1.807, 2.05) is 33.7 Å². The van der Waals surface area contributed by atoms with E-state index in [-0.39, 0.29) is 29.5 Å². The number of piperidine rings is 1. The van der Waals surface area contributed by atoms with E-state index >= 15 is 0 Å². The summed E-state index contributed by atoms with van der Waals surface area (Å²) in [5.41, 5.74) is 3.01. The summed E-state index contributed by atoms with van der Waals surface area (Å²) in [5.74, 6) is -0.562. The summed E-state index contributed by atoms with van der Waals surface area (Å²) >= 11 is 0. The smallest absolute Gasteiger partial charge is 0.356 e. The first-order valence-corrected chi connectivity index (χ1v) is 13.3. The fraction of sp³-hybridized carbons (Fsp3) is 0.464. The van der Waals surface area contributed by atoms with Crippen LogP contribution in [0.5, 0.6) is 0 Å². The van der Waals surface area contributed by atoms with Crippen molar-refractivity contribution in [3.63, 3.8) is 0 Å². The zero-order chi connectivity index (χ0) is 26.6. The summed E-state index contributed by atoms with van der Waals surface area (Å²) in [5, 5.41) is 7.27. The summed E-state index contributed by atoms with van der Waals surface area (Å²) in [6.45, 7) is 3.46. The number of carbonyl (C=O) groups excluding carboxylic acids is 3. The van der Waals surface area contributed by atoms with Gasteiger partial charge >= 0.3 is 5.97 Å². The minimum atomic E-state index is -0.529. The number of likely N-dealkylation sites (tertiary alicyclic amines) is 1. The van der Waals surface area contributed by atoms with Crippen LogP contribution in [0.15, 0.2) is 36.7 Å². The van der Waals surface area contributed by atoms with Crippen molar-refractivity contribution in [1.29, 1.82) is 0 Å². The lowest BCUT2D eigenvalue weighted by molar-refractivity contribution is -0.129. The van der Waals surface area contributed by atoms with Crippen LogP contribution in [-0.4, -0.2) is 63.5 Å². The Morgan fingerprint density at radius 3 is 2.53 bits per heavy atom. The number of nitrogens with one attached hydrogen (secondary N) is 2. The molecule has 4 heterocycles. The monoisotopic (exact) mass is 518 g/mol. The van der Waals surface area contributed by atoms with Crippen molar-refractivity contribution in [3.05, 3.63) is 48.0 Å². The Kier molecular flexibility index (Phi) is 7.57. The number of rotatable bonds is 8. The van der Waals surface area contributed by atoms with Gasteiger partial charge in [-0.15, -0.1) is 0 Å². The standard InChI is InChI=1S/C28H34N6O4/c1-18(35)33-13-9-21(10-14-33)31-22-16-23-24(32-27(36)19-6-5-7-19)25(28(37)38-2)34(26(23)30-17-22)15-11-20-8-3-4-12-29-20/h3-4,8,12,16-17,19,21,31H,5-7,9-11,13-15H2,1-2H3,(H,32,36). The van der Waals surface area contributed by atoms with Crippen LogP contribution in [0.1, 0.15) is 55.2 Å². The third-order valence-electron chi connectivity index (χ3n) is 7.63. The number of nitrogens with zero attached hydrogens (tertiary/aromatic N) is 4. The second kappa shape index (κ2) is 11.2. The first-order chi connectivity index (χ1) is 18.4. The van der Waals surface area contributed by atoms with Crippen LogP contribution >= 0.6 is 0 Å². The zero-order valence-electron chi connectivity index (χ0n) is 21.9. The molecule has 5 rings (SSSR count). The van der Waals surface area contributed by atoms with E-state index in [2.05, 4.69) is 15.6 Å². The molecule has 3 aromatic rings. The number of methoxy groups -OCH3 is 1. The van der Waals surface area contributed by atoms with E-state index < -0.39 is 5.97 Å². The van der Waals surface area contributed by atoms with Gasteiger partial charge in [-0.1, -0.05) is 12.5 Å². The maximum Gasteiger partial charge on any atom is 0.356 e. The summed E-state index contributed by atoms with van der Waals surface area (Å²) in [6, 6.07) is 7.88. The molecular weight excluding hydrogens is 484 g/mol. The Morgan fingerprint density at radius 2 is 1.89 bits per heavy atom. The molecule has 0 spiro atoms. The number of carbonyl (C=O) groups is 3. The van der Waals surface area contributed by atoms with E-state index in [1.54, 1.807) is 19.3 Å². The second-order valence-electron chi connectivity index (χ2n) is 10.1. The Morgan fingerprint density at radius 1 is 1.11 bits per heavy atom.